The largest absolute Gasteiger partial charge is 0.387 e. The van der Waals surface area contributed by atoms with Crippen molar-refractivity contribution in [2.45, 2.75) is 18.8 Å². The Morgan fingerprint density at radius 3 is 2.96 bits per heavy atom. The van der Waals surface area contributed by atoms with Crippen molar-refractivity contribution in [2.75, 3.05) is 0 Å². The highest BCUT2D eigenvalue weighted by atomic mass is 32.1. The Kier molecular flexibility index (Phi) is 5.04. The van der Waals surface area contributed by atoms with Crippen LogP contribution < -0.4 is 5.59 Å². The Bertz CT molecular complexity index is 1070. The maximum Gasteiger partial charge on any atom is 0.177 e. The molecule has 1 N–H and O–H groups in total. The molecular formula is C18H15FN6OS2. The lowest BCUT2D eigenvalue weighted by molar-refractivity contribution is 0.0380. The van der Waals surface area contributed by atoms with Crippen LogP contribution in [0.15, 0.2) is 41.9 Å². The van der Waals surface area contributed by atoms with Crippen LogP contribution in [-0.4, -0.2) is 19.8 Å². The first-order valence-electron chi connectivity index (χ1n) is 8.40. The van der Waals surface area contributed by atoms with Crippen molar-refractivity contribution in [1.82, 2.24) is 25.4 Å². The molecule has 0 radical (unpaired) electrons. The van der Waals surface area contributed by atoms with Crippen LogP contribution in [0.3, 0.4) is 0 Å². The second-order valence-corrected chi connectivity index (χ2v) is 7.31. The monoisotopic (exact) mass is 414 g/mol. The summed E-state index contributed by atoms with van der Waals surface area (Å²) < 4.78 is 16.1. The predicted molar refractivity (Wildman–Crippen MR) is 106 cm³/mol. The lowest BCUT2D eigenvalue weighted by Gasteiger charge is -2.21. The second-order valence-electron chi connectivity index (χ2n) is 5.88. The maximum atomic E-state index is 14.2. The van der Waals surface area contributed by atoms with Crippen molar-refractivity contribution in [3.8, 4) is 16.8 Å². The highest BCUT2D eigenvalue weighted by molar-refractivity contribution is 7.80. The fourth-order valence-electron chi connectivity index (χ4n) is 2.84. The number of nitrogens with zero attached hydrogens (tertiary/aromatic N) is 5. The van der Waals surface area contributed by atoms with E-state index < -0.39 is 11.2 Å². The molecule has 3 heterocycles. The zero-order chi connectivity index (χ0) is 19.7. The van der Waals surface area contributed by atoms with Gasteiger partial charge in [0, 0.05) is 6.54 Å². The first kappa shape index (κ1) is 18.5. The molecule has 1 unspecified atom stereocenters. The molecule has 0 saturated carbocycles. The normalized spacial score (nSPS) is 14.5. The summed E-state index contributed by atoms with van der Waals surface area (Å²) in [5.41, 5.74) is 3.23. The van der Waals surface area contributed by atoms with Gasteiger partial charge in [0.1, 0.15) is 5.82 Å². The van der Waals surface area contributed by atoms with Gasteiger partial charge in [0.25, 0.3) is 0 Å². The van der Waals surface area contributed by atoms with Crippen LogP contribution in [0.4, 0.5) is 4.39 Å². The molecule has 7 nitrogen and oxygen atoms in total. The number of hydrogen-bond acceptors (Lipinski definition) is 8. The summed E-state index contributed by atoms with van der Waals surface area (Å²) in [6.07, 6.45) is 1.58. The lowest BCUT2D eigenvalue weighted by Crippen LogP contribution is -2.31. The van der Waals surface area contributed by atoms with Gasteiger partial charge in [0.05, 0.1) is 28.3 Å². The van der Waals surface area contributed by atoms with E-state index in [2.05, 4.69) is 28.4 Å². The van der Waals surface area contributed by atoms with E-state index in [9.17, 15) is 4.39 Å². The summed E-state index contributed by atoms with van der Waals surface area (Å²) >= 11 is 6.22. The summed E-state index contributed by atoms with van der Waals surface area (Å²) in [4.78, 5) is 6.42. The quantitative estimate of drug-likeness (QED) is 0.620. The highest BCUT2D eigenvalue weighted by Gasteiger charge is 2.28. The third kappa shape index (κ3) is 3.24. The molecule has 1 aromatic carbocycles. The van der Waals surface area contributed by atoms with Gasteiger partial charge in [0.2, 0.25) is 0 Å². The van der Waals surface area contributed by atoms with Crippen LogP contribution in [0.5, 0.6) is 0 Å². The molecular weight excluding hydrogens is 399 g/mol. The van der Waals surface area contributed by atoms with Crippen molar-refractivity contribution in [2.24, 2.45) is 0 Å². The molecule has 0 fully saturated rings. The van der Waals surface area contributed by atoms with Gasteiger partial charge in [-0.1, -0.05) is 11.7 Å². The smallest absolute Gasteiger partial charge is 0.177 e. The molecule has 0 amide bonds. The van der Waals surface area contributed by atoms with E-state index in [0.29, 0.717) is 17.9 Å². The molecule has 10 heteroatoms. The average molecular weight is 414 g/mol. The second kappa shape index (κ2) is 7.63. The fourth-order valence-corrected chi connectivity index (χ4v) is 3.86. The topological polar surface area (TPSA) is 79.0 Å². The number of benzene rings is 1. The number of halogens is 1. The van der Waals surface area contributed by atoms with Gasteiger partial charge in [-0.25, -0.2) is 4.39 Å². The third-order valence-electron chi connectivity index (χ3n) is 4.21. The van der Waals surface area contributed by atoms with Gasteiger partial charge in [-0.15, -0.1) is 34.2 Å². The molecule has 0 aliphatic carbocycles. The van der Waals surface area contributed by atoms with Gasteiger partial charge in [0.15, 0.2) is 22.8 Å². The third-order valence-corrected chi connectivity index (χ3v) is 5.56. The minimum atomic E-state index is -0.527. The average Bonchev–Trinajstić information content (AvgIpc) is 3.47. The van der Waals surface area contributed by atoms with Crippen molar-refractivity contribution >= 4 is 29.7 Å². The summed E-state index contributed by atoms with van der Waals surface area (Å²) in [5.74, 6) is 1.15. The van der Waals surface area contributed by atoms with Crippen LogP contribution in [0, 0.1) is 17.1 Å². The number of hydrogen-bond donors (Lipinski definition) is 2. The minimum Gasteiger partial charge on any atom is -0.387 e. The van der Waals surface area contributed by atoms with E-state index in [-0.39, 0.29) is 11.3 Å². The zero-order valence-electron chi connectivity index (χ0n) is 14.7. The molecule has 4 rings (SSSR count). The minimum absolute atomic E-state index is 0.186. The lowest BCUT2D eigenvalue weighted by atomic mass is 10.1. The standard InChI is InChI=1S/C18H15FN6OS2/c1-2-24-16(15-4-3-7-28-15)21-22-17(24)18(27)25-10-14(26-23-25)12-8-11(9-20)5-6-13(12)19/h3-8,10,18,23,27H,2H2,1H3. The molecule has 2 aromatic heterocycles. The number of thiol groups is 1. The first-order chi connectivity index (χ1) is 13.6. The van der Waals surface area contributed by atoms with Gasteiger partial charge < -0.3 is 9.40 Å². The molecule has 1 atom stereocenters. The van der Waals surface area contributed by atoms with Crippen molar-refractivity contribution < 1.29 is 9.23 Å². The first-order valence-corrected chi connectivity index (χ1v) is 9.79. The van der Waals surface area contributed by atoms with Gasteiger partial charge in [-0.05, 0) is 36.6 Å². The number of rotatable bonds is 5. The molecule has 1 aliphatic rings. The van der Waals surface area contributed by atoms with Crippen molar-refractivity contribution in [1.29, 1.82) is 5.26 Å². The molecule has 0 saturated heterocycles. The summed E-state index contributed by atoms with van der Waals surface area (Å²) in [5, 5.41) is 20.6. The molecule has 0 bridgehead atoms. The Labute approximate surface area is 170 Å². The Morgan fingerprint density at radius 1 is 1.39 bits per heavy atom. The number of aromatic nitrogens is 3. The number of thiophene rings is 1. The summed E-state index contributed by atoms with van der Waals surface area (Å²) in [6, 6.07) is 10.0. The summed E-state index contributed by atoms with van der Waals surface area (Å²) in [6.45, 7) is 2.67. The van der Waals surface area contributed by atoms with E-state index in [4.69, 9.17) is 10.1 Å². The van der Waals surface area contributed by atoms with Crippen LogP contribution >= 0.6 is 24.0 Å². The SMILES string of the molecule is CCn1c(-c2cccs2)nnc1C(S)N1C=C(c2cc(C#N)ccc2F)ON1. The van der Waals surface area contributed by atoms with E-state index in [1.807, 2.05) is 35.1 Å². The van der Waals surface area contributed by atoms with Crippen LogP contribution in [0.1, 0.15) is 29.2 Å². The predicted octanol–water partition coefficient (Wildman–Crippen LogP) is 3.72. The number of nitriles is 1. The van der Waals surface area contributed by atoms with E-state index in [0.717, 1.165) is 10.7 Å². The van der Waals surface area contributed by atoms with Crippen molar-refractivity contribution in [3.63, 3.8) is 0 Å². The molecule has 28 heavy (non-hydrogen) atoms. The van der Waals surface area contributed by atoms with E-state index in [1.54, 1.807) is 22.5 Å². The van der Waals surface area contributed by atoms with Crippen molar-refractivity contribution in [3.05, 3.63) is 64.7 Å². The van der Waals surface area contributed by atoms with Crippen LogP contribution in [0.2, 0.25) is 0 Å². The van der Waals surface area contributed by atoms with Gasteiger partial charge in [-0.3, -0.25) is 5.01 Å². The molecule has 0 spiro atoms. The molecule has 3 aromatic rings. The Morgan fingerprint density at radius 2 is 2.25 bits per heavy atom. The Hall–Kier alpha value is -2.87. The maximum absolute atomic E-state index is 14.2. The molecule has 142 valence electrons. The highest BCUT2D eigenvalue weighted by Crippen LogP contribution is 2.32. The zero-order valence-corrected chi connectivity index (χ0v) is 16.4. The number of hydrazine groups is 1. The van der Waals surface area contributed by atoms with Gasteiger partial charge in [-0.2, -0.15) is 5.26 Å². The van der Waals surface area contributed by atoms with E-state index >= 15 is 0 Å². The fraction of sp³-hybridized carbons (Fsp3) is 0.167. The van der Waals surface area contributed by atoms with E-state index in [1.165, 1.54) is 18.2 Å². The van der Waals surface area contributed by atoms with Gasteiger partial charge >= 0.3 is 0 Å². The molecule has 1 aliphatic heterocycles. The Balaban J connectivity index is 1.64. The number of nitrogens with one attached hydrogen (secondary N) is 1. The summed E-state index contributed by atoms with van der Waals surface area (Å²) in [7, 11) is 0. The van der Waals surface area contributed by atoms with Crippen LogP contribution in [0.25, 0.3) is 16.5 Å². The van der Waals surface area contributed by atoms with Crippen LogP contribution in [-0.2, 0) is 11.4 Å².